The van der Waals surface area contributed by atoms with Gasteiger partial charge in [0.25, 0.3) is 0 Å². The van der Waals surface area contributed by atoms with Gasteiger partial charge in [-0.2, -0.15) is 5.10 Å². The summed E-state index contributed by atoms with van der Waals surface area (Å²) in [6, 6.07) is 2.13. The first kappa shape index (κ1) is 12.6. The number of rotatable bonds is 5. The van der Waals surface area contributed by atoms with Crippen LogP contribution in [-0.4, -0.2) is 41.4 Å². The third-order valence-corrected chi connectivity index (χ3v) is 3.56. The Labute approximate surface area is 104 Å². The van der Waals surface area contributed by atoms with E-state index >= 15 is 0 Å². The topological polar surface area (TPSA) is 33.1 Å². The molecule has 1 aliphatic heterocycles. The number of hydrogen-bond acceptors (Lipinski definition) is 3. The van der Waals surface area contributed by atoms with Crippen molar-refractivity contribution < 1.29 is 0 Å². The number of nitrogens with zero attached hydrogens (tertiary/aromatic N) is 3. The second-order valence-corrected chi connectivity index (χ2v) is 5.03. The molecule has 0 aliphatic carbocycles. The van der Waals surface area contributed by atoms with Gasteiger partial charge in [0.1, 0.15) is 0 Å². The molecule has 0 bridgehead atoms. The van der Waals surface area contributed by atoms with E-state index in [-0.39, 0.29) is 0 Å². The minimum absolute atomic E-state index is 0.860. The van der Waals surface area contributed by atoms with E-state index in [4.69, 9.17) is 0 Å². The third-order valence-electron chi connectivity index (χ3n) is 3.56. The first-order valence-electron chi connectivity index (χ1n) is 6.69. The lowest BCUT2D eigenvalue weighted by molar-refractivity contribution is 0.230. The van der Waals surface area contributed by atoms with Gasteiger partial charge in [-0.1, -0.05) is 0 Å². The predicted molar refractivity (Wildman–Crippen MR) is 69.8 cm³/mol. The van der Waals surface area contributed by atoms with E-state index in [9.17, 15) is 0 Å². The van der Waals surface area contributed by atoms with Gasteiger partial charge in [0.05, 0.1) is 5.69 Å². The zero-order valence-corrected chi connectivity index (χ0v) is 11.0. The average Bonchev–Trinajstić information content (AvgIpc) is 2.77. The van der Waals surface area contributed by atoms with Crippen molar-refractivity contribution in [3.05, 3.63) is 18.0 Å². The molecule has 1 N–H and O–H groups in total. The fourth-order valence-corrected chi connectivity index (χ4v) is 2.63. The Morgan fingerprint density at radius 1 is 1.47 bits per heavy atom. The molecule has 96 valence electrons. The highest BCUT2D eigenvalue weighted by atomic mass is 15.3. The van der Waals surface area contributed by atoms with Gasteiger partial charge in [-0.05, 0) is 51.9 Å². The van der Waals surface area contributed by atoms with Crippen LogP contribution in [0.4, 0.5) is 0 Å². The number of hydrogen-bond donors (Lipinski definition) is 1. The SMILES string of the molecule is CCn1nccc1CN(C)CC1CCNCC1. The lowest BCUT2D eigenvalue weighted by Gasteiger charge is -2.27. The van der Waals surface area contributed by atoms with Gasteiger partial charge in [0.2, 0.25) is 0 Å². The van der Waals surface area contributed by atoms with Crippen LogP contribution in [0, 0.1) is 5.92 Å². The van der Waals surface area contributed by atoms with Gasteiger partial charge in [-0.3, -0.25) is 4.68 Å². The fraction of sp³-hybridized carbons (Fsp3) is 0.769. The highest BCUT2D eigenvalue weighted by Crippen LogP contribution is 2.14. The molecule has 1 aliphatic rings. The monoisotopic (exact) mass is 236 g/mol. The van der Waals surface area contributed by atoms with Gasteiger partial charge in [0, 0.05) is 25.8 Å². The van der Waals surface area contributed by atoms with Crippen molar-refractivity contribution in [1.82, 2.24) is 20.0 Å². The summed E-state index contributed by atoms with van der Waals surface area (Å²) < 4.78 is 2.08. The van der Waals surface area contributed by atoms with Crippen molar-refractivity contribution >= 4 is 0 Å². The summed E-state index contributed by atoms with van der Waals surface area (Å²) in [5, 5.41) is 7.73. The molecule has 2 rings (SSSR count). The second kappa shape index (κ2) is 6.17. The molecule has 1 fully saturated rings. The van der Waals surface area contributed by atoms with Crippen molar-refractivity contribution in [3.63, 3.8) is 0 Å². The van der Waals surface area contributed by atoms with E-state index < -0.39 is 0 Å². The van der Waals surface area contributed by atoms with E-state index in [1.165, 1.54) is 38.2 Å². The number of nitrogens with one attached hydrogen (secondary N) is 1. The summed E-state index contributed by atoms with van der Waals surface area (Å²) in [5.74, 6) is 0.860. The second-order valence-electron chi connectivity index (χ2n) is 5.03. The van der Waals surface area contributed by atoms with Crippen LogP contribution in [0.15, 0.2) is 12.3 Å². The predicted octanol–water partition coefficient (Wildman–Crippen LogP) is 1.33. The normalized spacial score (nSPS) is 17.8. The summed E-state index contributed by atoms with van der Waals surface area (Å²) in [6.07, 6.45) is 4.53. The van der Waals surface area contributed by atoms with Gasteiger partial charge < -0.3 is 10.2 Å². The van der Waals surface area contributed by atoms with Crippen LogP contribution in [-0.2, 0) is 13.1 Å². The number of aryl methyl sites for hydroxylation is 1. The molecule has 17 heavy (non-hydrogen) atoms. The Morgan fingerprint density at radius 3 is 2.94 bits per heavy atom. The summed E-state index contributed by atoms with van der Waals surface area (Å²) in [7, 11) is 2.22. The third kappa shape index (κ3) is 3.54. The van der Waals surface area contributed by atoms with Crippen molar-refractivity contribution in [2.24, 2.45) is 5.92 Å². The molecule has 0 amide bonds. The molecule has 0 unspecified atom stereocenters. The first-order valence-corrected chi connectivity index (χ1v) is 6.69. The molecule has 1 saturated heterocycles. The van der Waals surface area contributed by atoms with Crippen LogP contribution in [0.3, 0.4) is 0 Å². The van der Waals surface area contributed by atoms with Crippen molar-refractivity contribution in [3.8, 4) is 0 Å². The summed E-state index contributed by atoms with van der Waals surface area (Å²) in [4.78, 5) is 2.43. The molecule has 0 saturated carbocycles. The van der Waals surface area contributed by atoms with Gasteiger partial charge in [0.15, 0.2) is 0 Å². The Bertz CT molecular complexity index is 328. The van der Waals surface area contributed by atoms with Crippen LogP contribution >= 0.6 is 0 Å². The molecular formula is C13H24N4. The maximum atomic E-state index is 4.31. The molecule has 0 radical (unpaired) electrons. The van der Waals surface area contributed by atoms with Crippen LogP contribution in [0.5, 0.6) is 0 Å². The minimum atomic E-state index is 0.860. The zero-order chi connectivity index (χ0) is 12.1. The minimum Gasteiger partial charge on any atom is -0.317 e. The molecule has 1 aromatic heterocycles. The Balaban J connectivity index is 1.82. The van der Waals surface area contributed by atoms with Crippen LogP contribution in [0.25, 0.3) is 0 Å². The quantitative estimate of drug-likeness (QED) is 0.837. The zero-order valence-electron chi connectivity index (χ0n) is 11.0. The standard InChI is InChI=1S/C13H24N4/c1-3-17-13(6-9-15-17)11-16(2)10-12-4-7-14-8-5-12/h6,9,12,14H,3-5,7-8,10-11H2,1-2H3. The largest absolute Gasteiger partial charge is 0.317 e. The van der Waals surface area contributed by atoms with Gasteiger partial charge in [-0.25, -0.2) is 0 Å². The highest BCUT2D eigenvalue weighted by molar-refractivity contribution is 5.00. The molecule has 0 spiro atoms. The molecule has 2 heterocycles. The van der Waals surface area contributed by atoms with Gasteiger partial charge >= 0.3 is 0 Å². The smallest absolute Gasteiger partial charge is 0.0524 e. The van der Waals surface area contributed by atoms with Crippen molar-refractivity contribution in [2.75, 3.05) is 26.7 Å². The van der Waals surface area contributed by atoms with Gasteiger partial charge in [-0.15, -0.1) is 0 Å². The first-order chi connectivity index (χ1) is 8.29. The van der Waals surface area contributed by atoms with E-state index in [2.05, 4.69) is 40.0 Å². The molecule has 0 atom stereocenters. The lowest BCUT2D eigenvalue weighted by Crippen LogP contribution is -2.34. The Kier molecular flexibility index (Phi) is 4.57. The number of piperidine rings is 1. The Hall–Kier alpha value is -0.870. The maximum Gasteiger partial charge on any atom is 0.0524 e. The van der Waals surface area contributed by atoms with Crippen LogP contribution in [0.1, 0.15) is 25.5 Å². The molecule has 1 aromatic rings. The van der Waals surface area contributed by atoms with E-state index in [1.807, 2.05) is 6.20 Å². The highest BCUT2D eigenvalue weighted by Gasteiger charge is 2.15. The van der Waals surface area contributed by atoms with Crippen LogP contribution in [0.2, 0.25) is 0 Å². The average molecular weight is 236 g/mol. The molecule has 0 aromatic carbocycles. The summed E-state index contributed by atoms with van der Waals surface area (Å²) in [6.45, 7) is 7.69. The van der Waals surface area contributed by atoms with E-state index in [1.54, 1.807) is 0 Å². The maximum absolute atomic E-state index is 4.31. The molecule has 4 heteroatoms. The summed E-state index contributed by atoms with van der Waals surface area (Å²) in [5.41, 5.74) is 1.32. The van der Waals surface area contributed by atoms with E-state index in [0.717, 1.165) is 19.0 Å². The molecular weight excluding hydrogens is 212 g/mol. The fourth-order valence-electron chi connectivity index (χ4n) is 2.63. The van der Waals surface area contributed by atoms with E-state index in [0.29, 0.717) is 0 Å². The van der Waals surface area contributed by atoms with Crippen molar-refractivity contribution in [1.29, 1.82) is 0 Å². The Morgan fingerprint density at radius 2 is 2.24 bits per heavy atom. The lowest BCUT2D eigenvalue weighted by atomic mass is 9.98. The molecule has 4 nitrogen and oxygen atoms in total. The van der Waals surface area contributed by atoms with Crippen LogP contribution < -0.4 is 5.32 Å². The summed E-state index contributed by atoms with van der Waals surface area (Å²) >= 11 is 0. The number of aromatic nitrogens is 2. The van der Waals surface area contributed by atoms with Crippen molar-refractivity contribution in [2.45, 2.75) is 32.9 Å².